The fraction of sp³-hybridized carbons (Fsp3) is 0.400. The Kier molecular flexibility index (Phi) is 5.38. The second-order valence-electron chi connectivity index (χ2n) is 6.35. The summed E-state index contributed by atoms with van der Waals surface area (Å²) in [6.45, 7) is 7.90. The lowest BCUT2D eigenvalue weighted by Gasteiger charge is -2.34. The number of hydrogen-bond acceptors (Lipinski definition) is 4. The van der Waals surface area contributed by atoms with Gasteiger partial charge in [0.1, 0.15) is 11.5 Å². The van der Waals surface area contributed by atoms with Crippen LogP contribution in [0.1, 0.15) is 17.7 Å². The van der Waals surface area contributed by atoms with Gasteiger partial charge in [-0.3, -0.25) is 4.90 Å². The van der Waals surface area contributed by atoms with Crippen LogP contribution < -0.4 is 4.74 Å². The van der Waals surface area contributed by atoms with Gasteiger partial charge in [0.05, 0.1) is 26.5 Å². The molecule has 0 unspecified atom stereocenters. The summed E-state index contributed by atoms with van der Waals surface area (Å²) in [5.74, 6) is 1.86. The zero-order valence-electron chi connectivity index (χ0n) is 14.2. The lowest BCUT2D eigenvalue weighted by Crippen LogP contribution is -2.41. The fourth-order valence-electron chi connectivity index (χ4n) is 3.42. The van der Waals surface area contributed by atoms with Crippen LogP contribution in [0.25, 0.3) is 0 Å². The van der Waals surface area contributed by atoms with Gasteiger partial charge >= 0.3 is 0 Å². The normalized spacial score (nSPS) is 20.4. The highest BCUT2D eigenvalue weighted by molar-refractivity contribution is 5.35. The molecule has 2 aromatic rings. The Morgan fingerprint density at radius 1 is 1.33 bits per heavy atom. The van der Waals surface area contributed by atoms with Crippen molar-refractivity contribution < 1.29 is 13.9 Å². The first-order valence-corrected chi connectivity index (χ1v) is 8.34. The summed E-state index contributed by atoms with van der Waals surface area (Å²) in [4.78, 5) is 2.36. The molecule has 3 rings (SSSR count). The second kappa shape index (κ2) is 7.69. The van der Waals surface area contributed by atoms with Gasteiger partial charge in [0.15, 0.2) is 0 Å². The highest BCUT2D eigenvalue weighted by Crippen LogP contribution is 2.36. The third-order valence-electron chi connectivity index (χ3n) is 4.66. The molecule has 0 amide bonds. The van der Waals surface area contributed by atoms with Crippen LogP contribution in [0.2, 0.25) is 0 Å². The van der Waals surface area contributed by atoms with Crippen molar-refractivity contribution in [1.82, 2.24) is 4.90 Å². The topological polar surface area (TPSA) is 34.8 Å². The molecule has 1 aliphatic heterocycles. The molecule has 0 spiro atoms. The average molecular weight is 327 g/mol. The van der Waals surface area contributed by atoms with E-state index in [4.69, 9.17) is 13.9 Å². The van der Waals surface area contributed by atoms with Crippen molar-refractivity contribution in [2.24, 2.45) is 0 Å². The van der Waals surface area contributed by atoms with Gasteiger partial charge in [-0.25, -0.2) is 0 Å². The van der Waals surface area contributed by atoms with Crippen LogP contribution in [-0.4, -0.2) is 38.3 Å². The molecule has 0 aliphatic carbocycles. The third kappa shape index (κ3) is 3.71. The minimum atomic E-state index is -0.0237. The molecule has 1 aromatic carbocycles. The summed E-state index contributed by atoms with van der Waals surface area (Å²) in [6, 6.07) is 12.3. The molecule has 128 valence electrons. The maximum Gasteiger partial charge on any atom is 0.119 e. The number of furan rings is 1. The van der Waals surface area contributed by atoms with E-state index in [1.807, 2.05) is 24.3 Å². The molecule has 2 heterocycles. The molecular formula is C20H25NO3. The SMILES string of the molecule is C=CCN(Cc1ccco1)C[C@@]1(c2cccc(OC)c2)CCOC1. The van der Waals surface area contributed by atoms with E-state index < -0.39 is 0 Å². The first kappa shape index (κ1) is 16.8. The summed E-state index contributed by atoms with van der Waals surface area (Å²) in [5, 5.41) is 0. The van der Waals surface area contributed by atoms with Crippen LogP contribution >= 0.6 is 0 Å². The molecule has 0 radical (unpaired) electrons. The largest absolute Gasteiger partial charge is 0.497 e. The van der Waals surface area contributed by atoms with Gasteiger partial charge < -0.3 is 13.9 Å². The second-order valence-corrected chi connectivity index (χ2v) is 6.35. The van der Waals surface area contributed by atoms with Crippen LogP contribution in [-0.2, 0) is 16.7 Å². The zero-order valence-corrected chi connectivity index (χ0v) is 14.2. The molecular weight excluding hydrogens is 302 g/mol. The maximum absolute atomic E-state index is 5.79. The van der Waals surface area contributed by atoms with E-state index in [1.54, 1.807) is 13.4 Å². The molecule has 0 bridgehead atoms. The molecule has 0 saturated carbocycles. The van der Waals surface area contributed by atoms with Gasteiger partial charge in [0.2, 0.25) is 0 Å². The summed E-state index contributed by atoms with van der Waals surface area (Å²) in [6.07, 6.45) is 4.67. The number of benzene rings is 1. The van der Waals surface area contributed by atoms with Crippen molar-refractivity contribution in [3.8, 4) is 5.75 Å². The van der Waals surface area contributed by atoms with Gasteiger partial charge in [-0.15, -0.1) is 6.58 Å². The lowest BCUT2D eigenvalue weighted by molar-refractivity contribution is 0.149. The van der Waals surface area contributed by atoms with Crippen molar-refractivity contribution >= 4 is 0 Å². The Labute approximate surface area is 143 Å². The quantitative estimate of drug-likeness (QED) is 0.694. The zero-order chi connectivity index (χ0) is 16.8. The van der Waals surface area contributed by atoms with E-state index in [1.165, 1.54) is 5.56 Å². The maximum atomic E-state index is 5.79. The fourth-order valence-corrected chi connectivity index (χ4v) is 3.42. The van der Waals surface area contributed by atoms with E-state index in [0.29, 0.717) is 0 Å². The molecule has 1 aliphatic rings. The van der Waals surface area contributed by atoms with Gasteiger partial charge in [-0.05, 0) is 36.2 Å². The van der Waals surface area contributed by atoms with Gasteiger partial charge in [-0.2, -0.15) is 0 Å². The molecule has 24 heavy (non-hydrogen) atoms. The number of ether oxygens (including phenoxy) is 2. The van der Waals surface area contributed by atoms with Crippen molar-refractivity contribution in [3.05, 3.63) is 66.6 Å². The monoisotopic (exact) mass is 327 g/mol. The summed E-state index contributed by atoms with van der Waals surface area (Å²) in [7, 11) is 1.71. The minimum Gasteiger partial charge on any atom is -0.497 e. The molecule has 4 nitrogen and oxygen atoms in total. The Morgan fingerprint density at radius 3 is 2.92 bits per heavy atom. The first-order chi connectivity index (χ1) is 11.8. The molecule has 0 N–H and O–H groups in total. The van der Waals surface area contributed by atoms with E-state index in [2.05, 4.69) is 29.7 Å². The predicted octanol–water partition coefficient (Wildman–Crippen LogP) is 3.63. The molecule has 4 heteroatoms. The summed E-state index contributed by atoms with van der Waals surface area (Å²) < 4.78 is 16.7. The van der Waals surface area contributed by atoms with Crippen LogP contribution in [0, 0.1) is 0 Å². The number of rotatable bonds is 8. The van der Waals surface area contributed by atoms with E-state index in [9.17, 15) is 0 Å². The van der Waals surface area contributed by atoms with E-state index >= 15 is 0 Å². The third-order valence-corrected chi connectivity index (χ3v) is 4.66. The number of hydrogen-bond donors (Lipinski definition) is 0. The molecule has 1 aromatic heterocycles. The molecule has 1 saturated heterocycles. The highest BCUT2D eigenvalue weighted by Gasteiger charge is 2.38. The van der Waals surface area contributed by atoms with Crippen LogP contribution in [0.3, 0.4) is 0 Å². The Hall–Kier alpha value is -2.04. The summed E-state index contributed by atoms with van der Waals surface area (Å²) in [5.41, 5.74) is 1.25. The number of methoxy groups -OCH3 is 1. The van der Waals surface area contributed by atoms with Crippen LogP contribution in [0.4, 0.5) is 0 Å². The van der Waals surface area contributed by atoms with Gasteiger partial charge in [0, 0.05) is 25.1 Å². The average Bonchev–Trinajstić information content (AvgIpc) is 3.28. The van der Waals surface area contributed by atoms with E-state index in [-0.39, 0.29) is 5.41 Å². The molecule has 1 atom stereocenters. The standard InChI is InChI=1S/C20H25NO3/c1-3-10-21(14-19-8-5-11-24-19)15-20(9-12-23-16-20)17-6-4-7-18(13-17)22-2/h3-8,11,13H,1,9-10,12,14-16H2,2H3/t20-/m0/s1. The lowest BCUT2D eigenvalue weighted by atomic mass is 9.79. The van der Waals surface area contributed by atoms with Crippen molar-refractivity contribution in [3.63, 3.8) is 0 Å². The number of nitrogens with zero attached hydrogens (tertiary/aromatic N) is 1. The smallest absolute Gasteiger partial charge is 0.119 e. The molecule has 1 fully saturated rings. The Bertz CT molecular complexity index is 645. The Morgan fingerprint density at radius 2 is 2.25 bits per heavy atom. The van der Waals surface area contributed by atoms with E-state index in [0.717, 1.165) is 50.8 Å². The van der Waals surface area contributed by atoms with Crippen molar-refractivity contribution in [2.45, 2.75) is 18.4 Å². The van der Waals surface area contributed by atoms with Gasteiger partial charge in [-0.1, -0.05) is 18.2 Å². The Balaban J connectivity index is 1.84. The summed E-state index contributed by atoms with van der Waals surface area (Å²) >= 11 is 0. The van der Waals surface area contributed by atoms with Crippen LogP contribution in [0.15, 0.2) is 59.7 Å². The van der Waals surface area contributed by atoms with Crippen LogP contribution in [0.5, 0.6) is 5.75 Å². The van der Waals surface area contributed by atoms with Crippen molar-refractivity contribution in [2.75, 3.05) is 33.4 Å². The van der Waals surface area contributed by atoms with Gasteiger partial charge in [0.25, 0.3) is 0 Å². The predicted molar refractivity (Wildman–Crippen MR) is 94.3 cm³/mol. The van der Waals surface area contributed by atoms with Crippen molar-refractivity contribution in [1.29, 1.82) is 0 Å². The first-order valence-electron chi connectivity index (χ1n) is 8.34. The minimum absolute atomic E-state index is 0.0237. The highest BCUT2D eigenvalue weighted by atomic mass is 16.5.